The largest absolute Gasteiger partial charge is 1.00 e. The quantitative estimate of drug-likeness (QED) is 0.136. The van der Waals surface area contributed by atoms with Gasteiger partial charge in [0.1, 0.15) is 12.5 Å². The summed E-state index contributed by atoms with van der Waals surface area (Å²) in [6.07, 6.45) is 6.72. The van der Waals surface area contributed by atoms with Crippen LogP contribution in [0, 0.1) is 11.8 Å². The molecule has 0 aliphatic rings. The van der Waals surface area contributed by atoms with Crippen LogP contribution in [0.25, 0.3) is 0 Å². The number of rotatable bonds is 17. The van der Waals surface area contributed by atoms with E-state index in [9.17, 15) is 29.7 Å². The average molecular weight is 421 g/mol. The van der Waals surface area contributed by atoms with E-state index in [1.165, 1.54) is 0 Å². The molecule has 0 saturated carbocycles. The molecule has 0 aliphatic carbocycles. The van der Waals surface area contributed by atoms with Gasteiger partial charge < -0.3 is 29.9 Å². The normalized spacial score (nSPS) is 15.1. The number of hydrogen-bond donors (Lipinski definition) is 3. The van der Waals surface area contributed by atoms with Gasteiger partial charge in [0, 0.05) is 12.3 Å². The van der Waals surface area contributed by atoms with Crippen LogP contribution in [0.5, 0.6) is 0 Å². The predicted molar refractivity (Wildman–Crippen MR) is 109 cm³/mol. The molecule has 0 bridgehead atoms. The van der Waals surface area contributed by atoms with Crippen molar-refractivity contribution >= 4 is 17.8 Å². The summed E-state index contributed by atoms with van der Waals surface area (Å²) in [4.78, 5) is 35.1. The number of amides is 1. The number of hydrogen-bond acceptors (Lipinski definition) is 5. The van der Waals surface area contributed by atoms with Gasteiger partial charge in [-0.05, 0) is 19.3 Å². The number of carboxylic acids is 2. The molecule has 0 fully saturated rings. The van der Waals surface area contributed by atoms with E-state index in [-0.39, 0.29) is 68.5 Å². The number of nitrogens with zero attached hydrogens (tertiary/aromatic N) is 1. The fraction of sp³-hybridized carbons (Fsp3) is 0.762. The maximum Gasteiger partial charge on any atom is 1.00 e. The Morgan fingerprint density at radius 2 is 1.63 bits per heavy atom. The summed E-state index contributed by atoms with van der Waals surface area (Å²) < 4.78 is 0.111. The maximum atomic E-state index is 12.0. The Kier molecular flexibility index (Phi) is 17.9. The molecule has 0 heterocycles. The van der Waals surface area contributed by atoms with Gasteiger partial charge in [-0.3, -0.25) is 9.59 Å². The minimum Gasteiger partial charge on any atom is -0.550 e. The fourth-order valence-electron chi connectivity index (χ4n) is 3.43. The number of carbonyl (C=O) groups is 3. The molecule has 1 amide bonds. The van der Waals surface area contributed by atoms with Crippen LogP contribution in [0.3, 0.4) is 0 Å². The minimum atomic E-state index is -1.18. The molecule has 8 nitrogen and oxygen atoms in total. The van der Waals surface area contributed by atoms with Gasteiger partial charge in [0.15, 0.2) is 0 Å². The van der Waals surface area contributed by atoms with Crippen molar-refractivity contribution in [2.75, 3.05) is 39.3 Å². The molecule has 0 spiro atoms. The van der Waals surface area contributed by atoms with E-state index in [0.29, 0.717) is 19.4 Å². The van der Waals surface area contributed by atoms with Crippen molar-refractivity contribution in [3.63, 3.8) is 0 Å². The number of aliphatic hydroxyl groups excluding tert-OH is 1. The first kappa shape index (κ1) is 30.9. The Balaban J connectivity index is 0. The van der Waals surface area contributed by atoms with Crippen molar-refractivity contribution in [2.45, 2.75) is 52.9 Å². The summed E-state index contributed by atoms with van der Waals surface area (Å²) in [7, 11) is 0. The zero-order valence-electron chi connectivity index (χ0n) is 19.1. The van der Waals surface area contributed by atoms with Crippen molar-refractivity contribution < 1.29 is 53.0 Å². The van der Waals surface area contributed by atoms with Crippen molar-refractivity contribution in [3.05, 3.63) is 12.2 Å². The van der Waals surface area contributed by atoms with E-state index < -0.39 is 23.8 Å². The predicted octanol–water partition coefficient (Wildman–Crippen LogP) is -2.45. The third-order valence-corrected chi connectivity index (χ3v) is 5.29. The number of nitrogens with one attached hydrogen (secondary N) is 1. The molecule has 0 aromatic rings. The van der Waals surface area contributed by atoms with Gasteiger partial charge in [-0.1, -0.05) is 39.3 Å². The van der Waals surface area contributed by atoms with Gasteiger partial charge in [-0.15, -0.1) is 0 Å². The van der Waals surface area contributed by atoms with Gasteiger partial charge in [0.25, 0.3) is 0 Å². The van der Waals surface area contributed by atoms with E-state index in [0.717, 1.165) is 12.8 Å². The Hall–Kier alpha value is -1.33. The second kappa shape index (κ2) is 17.4. The van der Waals surface area contributed by atoms with Gasteiger partial charge >= 0.3 is 24.8 Å². The monoisotopic (exact) mass is 421 g/mol. The molecule has 0 radical (unpaired) electrons. The molecule has 0 aromatic heterocycles. The van der Waals surface area contributed by atoms with E-state index >= 15 is 0 Å². The van der Waals surface area contributed by atoms with Crippen LogP contribution in [0.2, 0.25) is 0 Å². The fourth-order valence-corrected chi connectivity index (χ4v) is 3.43. The molecule has 0 aromatic carbocycles. The first-order valence-corrected chi connectivity index (χ1v) is 10.6. The summed E-state index contributed by atoms with van der Waals surface area (Å²) >= 11 is 0. The van der Waals surface area contributed by atoms with Crippen molar-refractivity contribution in [3.8, 4) is 0 Å². The first-order chi connectivity index (χ1) is 13.7. The zero-order chi connectivity index (χ0) is 22.3. The number of carboxylic acid groups (broad SMARTS) is 2. The second-order valence-corrected chi connectivity index (χ2v) is 7.56. The molecule has 0 rings (SSSR count). The van der Waals surface area contributed by atoms with Gasteiger partial charge in [-0.2, -0.15) is 0 Å². The maximum absolute atomic E-state index is 12.0. The topological polar surface area (TPSA) is 127 Å². The molecule has 9 heteroatoms. The van der Waals surface area contributed by atoms with Crippen molar-refractivity contribution in [2.24, 2.45) is 11.8 Å². The SMILES string of the molecule is CCC/C=C/CC(=O)NCC[N+](CCO)(CC(CC)C(=O)[O-])CC(CC)C(=O)O.[Li+]. The van der Waals surface area contributed by atoms with Gasteiger partial charge in [0.2, 0.25) is 5.91 Å². The van der Waals surface area contributed by atoms with Crippen LogP contribution in [-0.2, 0) is 14.4 Å². The van der Waals surface area contributed by atoms with Crippen LogP contribution < -0.4 is 29.3 Å². The van der Waals surface area contributed by atoms with Crippen LogP contribution >= 0.6 is 0 Å². The molecule has 3 atom stereocenters. The third kappa shape index (κ3) is 12.4. The number of aliphatic carboxylic acids is 2. The van der Waals surface area contributed by atoms with Gasteiger partial charge in [0.05, 0.1) is 38.8 Å². The Labute approximate surface area is 192 Å². The van der Waals surface area contributed by atoms with Crippen LogP contribution in [-0.4, -0.2) is 71.9 Å². The molecular weight excluding hydrogens is 383 g/mol. The van der Waals surface area contributed by atoms with E-state index in [2.05, 4.69) is 12.2 Å². The van der Waals surface area contributed by atoms with E-state index in [4.69, 9.17) is 0 Å². The summed E-state index contributed by atoms with van der Waals surface area (Å²) in [5.41, 5.74) is 0. The van der Waals surface area contributed by atoms with Gasteiger partial charge in [-0.25, -0.2) is 0 Å². The van der Waals surface area contributed by atoms with Crippen molar-refractivity contribution in [1.82, 2.24) is 5.32 Å². The summed E-state index contributed by atoms with van der Waals surface area (Å²) in [5, 5.41) is 33.4. The average Bonchev–Trinajstić information content (AvgIpc) is 2.67. The molecule has 30 heavy (non-hydrogen) atoms. The third-order valence-electron chi connectivity index (χ3n) is 5.29. The summed E-state index contributed by atoms with van der Waals surface area (Å²) in [6, 6.07) is 0. The Morgan fingerprint density at radius 1 is 1.03 bits per heavy atom. The van der Waals surface area contributed by atoms with E-state index in [1.54, 1.807) is 13.8 Å². The Morgan fingerprint density at radius 3 is 2.10 bits per heavy atom. The number of unbranched alkanes of at least 4 members (excludes halogenated alkanes) is 1. The standard InChI is InChI=1S/C21H38N2O6.Li/c1-4-7-8-9-10-19(25)22-11-12-23(13-14-24,15-17(5-2)20(26)27)16-18(6-3)21(28)29;/h8-9,17-18,24H,4-7,10-16H2,1-3H3,(H2-,22,25,26,27,28,29);/q;+1/b9-8+;. The summed E-state index contributed by atoms with van der Waals surface area (Å²) in [6.45, 7) is 6.57. The van der Waals surface area contributed by atoms with Crippen LogP contribution in [0.1, 0.15) is 52.9 Å². The number of allylic oxidation sites excluding steroid dienone is 1. The number of carbonyl (C=O) groups excluding carboxylic acids is 2. The molecule has 3 unspecified atom stereocenters. The number of quaternary nitrogens is 1. The molecular formula is C21H38LiN2O6+. The smallest absolute Gasteiger partial charge is 0.550 e. The molecule has 0 saturated heterocycles. The summed E-state index contributed by atoms with van der Waals surface area (Å²) in [5.74, 6) is -3.67. The Bertz CT molecular complexity index is 518. The second-order valence-electron chi connectivity index (χ2n) is 7.56. The van der Waals surface area contributed by atoms with E-state index in [1.807, 2.05) is 12.2 Å². The first-order valence-electron chi connectivity index (χ1n) is 10.6. The molecule has 0 aliphatic heterocycles. The number of aliphatic hydroxyl groups is 1. The van der Waals surface area contributed by atoms with Crippen molar-refractivity contribution in [1.29, 1.82) is 0 Å². The molecule has 3 N–H and O–H groups in total. The minimum absolute atomic E-state index is 0. The zero-order valence-corrected chi connectivity index (χ0v) is 19.1. The van der Waals surface area contributed by atoms with Crippen LogP contribution in [0.15, 0.2) is 12.2 Å². The van der Waals surface area contributed by atoms with Crippen LogP contribution in [0.4, 0.5) is 0 Å². The molecule has 168 valence electrons.